The largest absolute Gasteiger partial charge is 0.308 e. The maximum atomic E-state index is 13.6. The summed E-state index contributed by atoms with van der Waals surface area (Å²) in [4.78, 5) is 7.73. The van der Waals surface area contributed by atoms with Gasteiger partial charge in [0.1, 0.15) is 17.2 Å². The van der Waals surface area contributed by atoms with E-state index in [1.807, 2.05) is 0 Å². The van der Waals surface area contributed by atoms with E-state index in [-0.39, 0.29) is 22.9 Å². The molecule has 0 saturated heterocycles. The highest BCUT2D eigenvalue weighted by atomic mass is 35.5. The molecule has 0 saturated carbocycles. The molecule has 0 atom stereocenters. The molecule has 0 fully saturated rings. The Morgan fingerprint density at radius 3 is 2.60 bits per heavy atom. The molecule has 20 heavy (non-hydrogen) atoms. The molecule has 0 N–H and O–H groups in total. The van der Waals surface area contributed by atoms with Crippen molar-refractivity contribution in [2.75, 3.05) is 0 Å². The third-order valence-electron chi connectivity index (χ3n) is 2.83. The predicted octanol–water partition coefficient (Wildman–Crippen LogP) is 3.55. The molecule has 102 valence electrons. The molecule has 2 heterocycles. The second kappa shape index (κ2) is 4.79. The van der Waals surface area contributed by atoms with Crippen LogP contribution in [0.4, 0.5) is 13.2 Å². The van der Waals surface area contributed by atoms with E-state index in [9.17, 15) is 13.2 Å². The lowest BCUT2D eigenvalue weighted by Gasteiger charge is -2.05. The fourth-order valence-corrected chi connectivity index (χ4v) is 2.17. The zero-order valence-electron chi connectivity index (χ0n) is 9.95. The van der Waals surface area contributed by atoms with Crippen LogP contribution in [0, 0.1) is 17.5 Å². The van der Waals surface area contributed by atoms with Crippen LogP contribution >= 0.6 is 11.6 Å². The van der Waals surface area contributed by atoms with Crippen LogP contribution in [0.5, 0.6) is 0 Å². The number of benzene rings is 1. The number of fused-ring (bicyclic) bond motifs is 1. The first-order valence-electron chi connectivity index (χ1n) is 5.66. The maximum Gasteiger partial charge on any atom is 0.204 e. The number of nitrogens with zero attached hydrogens (tertiary/aromatic N) is 3. The Bertz CT molecular complexity index is 784. The number of rotatable bonds is 2. The summed E-state index contributed by atoms with van der Waals surface area (Å²) in [6.45, 7) is 0.137. The van der Waals surface area contributed by atoms with Crippen molar-refractivity contribution in [3.8, 4) is 0 Å². The van der Waals surface area contributed by atoms with Crippen molar-refractivity contribution in [3.05, 3.63) is 58.9 Å². The number of imidazole rings is 1. The van der Waals surface area contributed by atoms with E-state index in [4.69, 9.17) is 11.6 Å². The number of hydrogen-bond acceptors (Lipinski definition) is 2. The highest BCUT2D eigenvalue weighted by Gasteiger charge is 2.15. The van der Waals surface area contributed by atoms with Gasteiger partial charge < -0.3 is 4.57 Å². The van der Waals surface area contributed by atoms with Gasteiger partial charge in [-0.3, -0.25) is 4.98 Å². The van der Waals surface area contributed by atoms with Crippen molar-refractivity contribution in [3.63, 3.8) is 0 Å². The van der Waals surface area contributed by atoms with Crippen molar-refractivity contribution in [2.24, 2.45) is 0 Å². The molecule has 1 aromatic carbocycles. The molecule has 3 nitrogen and oxygen atoms in total. The Hall–Kier alpha value is -2.08. The molecule has 7 heteroatoms. The van der Waals surface area contributed by atoms with Crippen molar-refractivity contribution in [1.82, 2.24) is 14.5 Å². The predicted molar refractivity (Wildman–Crippen MR) is 68.0 cm³/mol. The molecule has 0 spiro atoms. The van der Waals surface area contributed by atoms with Crippen molar-refractivity contribution in [2.45, 2.75) is 6.54 Å². The molecule has 0 bridgehead atoms. The lowest BCUT2D eigenvalue weighted by Crippen LogP contribution is -2.02. The van der Waals surface area contributed by atoms with E-state index < -0.39 is 17.5 Å². The van der Waals surface area contributed by atoms with Crippen molar-refractivity contribution in [1.29, 1.82) is 0 Å². The summed E-state index contributed by atoms with van der Waals surface area (Å²) in [5.74, 6) is -1.97. The highest BCUT2D eigenvalue weighted by Crippen LogP contribution is 2.24. The van der Waals surface area contributed by atoms with E-state index in [1.165, 1.54) is 16.7 Å². The molecule has 0 radical (unpaired) electrons. The van der Waals surface area contributed by atoms with Gasteiger partial charge in [0.15, 0.2) is 5.82 Å². The van der Waals surface area contributed by atoms with Crippen LogP contribution in [0.2, 0.25) is 5.28 Å². The van der Waals surface area contributed by atoms with Gasteiger partial charge in [-0.2, -0.15) is 0 Å². The van der Waals surface area contributed by atoms with E-state index in [1.54, 1.807) is 0 Å². The van der Waals surface area contributed by atoms with Gasteiger partial charge in [0.2, 0.25) is 5.28 Å². The van der Waals surface area contributed by atoms with Crippen LogP contribution in [0.25, 0.3) is 11.0 Å². The Morgan fingerprint density at radius 2 is 1.90 bits per heavy atom. The number of halogens is 4. The molecule has 0 aliphatic rings. The van der Waals surface area contributed by atoms with Gasteiger partial charge in [0.05, 0.1) is 24.0 Å². The zero-order chi connectivity index (χ0) is 14.3. The van der Waals surface area contributed by atoms with E-state index in [0.29, 0.717) is 5.69 Å². The highest BCUT2D eigenvalue weighted by molar-refractivity contribution is 6.29. The van der Waals surface area contributed by atoms with Crippen LogP contribution in [0.15, 0.2) is 30.5 Å². The summed E-state index contributed by atoms with van der Waals surface area (Å²) in [5.41, 5.74) is 0.703. The van der Waals surface area contributed by atoms with Gasteiger partial charge in [-0.1, -0.05) is 0 Å². The molecule has 0 amide bonds. The smallest absolute Gasteiger partial charge is 0.204 e. The topological polar surface area (TPSA) is 30.7 Å². The van der Waals surface area contributed by atoms with Gasteiger partial charge in [0, 0.05) is 12.1 Å². The monoisotopic (exact) mass is 297 g/mol. The van der Waals surface area contributed by atoms with E-state index >= 15 is 0 Å². The second-order valence-corrected chi connectivity index (χ2v) is 4.53. The summed E-state index contributed by atoms with van der Waals surface area (Å²) in [6.07, 6.45) is 1.06. The summed E-state index contributed by atoms with van der Waals surface area (Å²) >= 11 is 5.93. The van der Waals surface area contributed by atoms with Crippen molar-refractivity contribution < 1.29 is 13.2 Å². The van der Waals surface area contributed by atoms with Crippen molar-refractivity contribution >= 4 is 22.6 Å². The minimum atomic E-state index is -0.785. The Labute approximate surface area is 116 Å². The molecule has 3 aromatic rings. The van der Waals surface area contributed by atoms with Gasteiger partial charge in [0.25, 0.3) is 0 Å². The van der Waals surface area contributed by atoms with Gasteiger partial charge >= 0.3 is 0 Å². The summed E-state index contributed by atoms with van der Waals surface area (Å²) < 4.78 is 41.1. The quantitative estimate of drug-likeness (QED) is 0.724. The SMILES string of the molecule is Fc1ccc(Cn2c(Cl)nc3c(F)cc(F)cc32)nc1. The minimum absolute atomic E-state index is 0.00984. The lowest BCUT2D eigenvalue weighted by molar-refractivity contribution is 0.590. The molecular formula is C13H7ClF3N3. The Kier molecular flexibility index (Phi) is 3.10. The number of aromatic nitrogens is 3. The minimum Gasteiger partial charge on any atom is -0.308 e. The van der Waals surface area contributed by atoms with E-state index in [2.05, 4.69) is 9.97 Å². The Morgan fingerprint density at radius 1 is 1.10 bits per heavy atom. The number of hydrogen-bond donors (Lipinski definition) is 0. The normalized spacial score (nSPS) is 11.2. The molecule has 3 rings (SSSR count). The molecule has 2 aromatic heterocycles. The van der Waals surface area contributed by atoms with E-state index in [0.717, 1.165) is 18.3 Å². The standard InChI is InChI=1S/C13H7ClF3N3/c14-13-19-12-10(17)3-8(16)4-11(12)20(13)6-9-2-1-7(15)5-18-9/h1-5H,6H2. The number of pyridine rings is 1. The van der Waals surface area contributed by atoms with Crippen LogP contribution in [0.3, 0.4) is 0 Å². The third-order valence-corrected chi connectivity index (χ3v) is 3.12. The van der Waals surface area contributed by atoms with Crippen LogP contribution < -0.4 is 0 Å². The fourth-order valence-electron chi connectivity index (χ4n) is 1.93. The Balaban J connectivity index is 2.11. The first-order valence-corrected chi connectivity index (χ1v) is 6.03. The average molecular weight is 298 g/mol. The maximum absolute atomic E-state index is 13.6. The van der Waals surface area contributed by atoms with Gasteiger partial charge in [-0.15, -0.1) is 0 Å². The molecular weight excluding hydrogens is 291 g/mol. The summed E-state index contributed by atoms with van der Waals surface area (Å²) in [5, 5.41) is 0.00984. The molecule has 0 aliphatic carbocycles. The van der Waals surface area contributed by atoms with Crippen LogP contribution in [0.1, 0.15) is 5.69 Å². The first kappa shape index (κ1) is 12.9. The molecule has 0 unspecified atom stereocenters. The lowest BCUT2D eigenvalue weighted by atomic mass is 10.3. The summed E-state index contributed by atoms with van der Waals surface area (Å²) in [7, 11) is 0. The zero-order valence-corrected chi connectivity index (χ0v) is 10.7. The third kappa shape index (κ3) is 2.22. The first-order chi connectivity index (χ1) is 9.54. The fraction of sp³-hybridized carbons (Fsp3) is 0.0769. The van der Waals surface area contributed by atoms with Crippen LogP contribution in [-0.4, -0.2) is 14.5 Å². The van der Waals surface area contributed by atoms with Gasteiger partial charge in [-0.25, -0.2) is 18.2 Å². The average Bonchev–Trinajstić information content (AvgIpc) is 2.70. The van der Waals surface area contributed by atoms with Gasteiger partial charge in [-0.05, 0) is 23.7 Å². The summed E-state index contributed by atoms with van der Waals surface area (Å²) in [6, 6.07) is 4.59. The second-order valence-electron chi connectivity index (χ2n) is 4.19. The van der Waals surface area contributed by atoms with Crippen LogP contribution in [-0.2, 0) is 6.54 Å². The molecule has 0 aliphatic heterocycles.